The molecule has 0 spiro atoms. The van der Waals surface area contributed by atoms with Gasteiger partial charge < -0.3 is 5.73 Å². The minimum atomic E-state index is 0.552. The van der Waals surface area contributed by atoms with Crippen LogP contribution in [-0.2, 0) is 5.88 Å². The van der Waals surface area contributed by atoms with E-state index in [1.807, 2.05) is 12.1 Å². The molecular weight excluding hydrogens is 270 g/mol. The normalized spacial score (nSPS) is 10.9. The number of halogens is 2. The predicted octanol–water partition coefficient (Wildman–Crippen LogP) is 3.98. The molecule has 0 amide bonds. The maximum absolute atomic E-state index is 5.90. The molecule has 4 heteroatoms. The highest BCUT2D eigenvalue weighted by atomic mass is 79.9. The number of hydrogen-bond acceptors (Lipinski definition) is 2. The van der Waals surface area contributed by atoms with Crippen molar-refractivity contribution in [3.05, 3.63) is 27.5 Å². The minimum absolute atomic E-state index is 0.552. The molecule has 0 saturated heterocycles. The number of nitrogen functional groups attached to an aromatic ring is 1. The SMILES string of the molecule is Nc1c(Br)ccc2sc(CCl)cc12. The molecule has 0 aliphatic carbocycles. The van der Waals surface area contributed by atoms with Crippen LogP contribution in [0.3, 0.4) is 0 Å². The molecular formula is C9H7BrClNS. The molecule has 2 rings (SSSR count). The van der Waals surface area contributed by atoms with E-state index in [0.29, 0.717) is 5.88 Å². The lowest BCUT2D eigenvalue weighted by atomic mass is 10.2. The standard InChI is InChI=1S/C9H7BrClNS/c10-7-1-2-8-6(9(7)12)3-5(4-11)13-8/h1-3H,4,12H2. The van der Waals surface area contributed by atoms with Crippen molar-refractivity contribution in [3.8, 4) is 0 Å². The Kier molecular flexibility index (Phi) is 2.49. The second kappa shape index (κ2) is 3.48. The van der Waals surface area contributed by atoms with Gasteiger partial charge in [-0.1, -0.05) is 0 Å². The molecule has 1 nitrogen and oxygen atoms in total. The third kappa shape index (κ3) is 1.56. The highest BCUT2D eigenvalue weighted by molar-refractivity contribution is 9.10. The second-order valence-corrected chi connectivity index (χ2v) is 5.01. The monoisotopic (exact) mass is 275 g/mol. The number of nitrogens with two attached hydrogens (primary N) is 1. The van der Waals surface area contributed by atoms with Crippen molar-refractivity contribution >= 4 is 54.6 Å². The van der Waals surface area contributed by atoms with Crippen molar-refractivity contribution in [2.24, 2.45) is 0 Å². The quantitative estimate of drug-likeness (QED) is 0.619. The van der Waals surface area contributed by atoms with Crippen LogP contribution in [0, 0.1) is 0 Å². The first-order valence-electron chi connectivity index (χ1n) is 3.74. The van der Waals surface area contributed by atoms with Gasteiger partial charge in [-0.2, -0.15) is 0 Å². The van der Waals surface area contributed by atoms with Crippen molar-refractivity contribution in [1.29, 1.82) is 0 Å². The summed E-state index contributed by atoms with van der Waals surface area (Å²) < 4.78 is 2.13. The van der Waals surface area contributed by atoms with Crippen LogP contribution >= 0.6 is 38.9 Å². The fraction of sp³-hybridized carbons (Fsp3) is 0.111. The van der Waals surface area contributed by atoms with Gasteiger partial charge in [0.15, 0.2) is 0 Å². The molecule has 2 N–H and O–H groups in total. The first kappa shape index (κ1) is 9.31. The van der Waals surface area contributed by atoms with Gasteiger partial charge in [0, 0.05) is 19.4 Å². The van der Waals surface area contributed by atoms with Gasteiger partial charge in [-0.15, -0.1) is 22.9 Å². The summed E-state index contributed by atoms with van der Waals surface area (Å²) in [4.78, 5) is 1.15. The van der Waals surface area contributed by atoms with E-state index in [0.717, 1.165) is 20.4 Å². The second-order valence-electron chi connectivity index (χ2n) is 2.72. The van der Waals surface area contributed by atoms with Crippen LogP contribution in [0.25, 0.3) is 10.1 Å². The molecule has 0 saturated carbocycles. The lowest BCUT2D eigenvalue weighted by Crippen LogP contribution is -1.85. The molecule has 0 radical (unpaired) electrons. The first-order chi connectivity index (χ1) is 6.22. The van der Waals surface area contributed by atoms with Crippen molar-refractivity contribution < 1.29 is 0 Å². The van der Waals surface area contributed by atoms with Crippen LogP contribution in [0.4, 0.5) is 5.69 Å². The van der Waals surface area contributed by atoms with Gasteiger partial charge in [0.2, 0.25) is 0 Å². The lowest BCUT2D eigenvalue weighted by Gasteiger charge is -1.97. The molecule has 0 fully saturated rings. The maximum atomic E-state index is 5.90. The Labute approximate surface area is 93.6 Å². The summed E-state index contributed by atoms with van der Waals surface area (Å²) in [6.45, 7) is 0. The first-order valence-corrected chi connectivity index (χ1v) is 5.89. The molecule has 0 aliphatic heterocycles. The third-order valence-corrected chi connectivity index (χ3v) is 4.11. The van der Waals surface area contributed by atoms with Crippen molar-refractivity contribution in [1.82, 2.24) is 0 Å². The zero-order valence-corrected chi connectivity index (χ0v) is 9.84. The Morgan fingerprint density at radius 3 is 2.92 bits per heavy atom. The van der Waals surface area contributed by atoms with Crippen LogP contribution in [-0.4, -0.2) is 0 Å². The molecule has 13 heavy (non-hydrogen) atoms. The molecule has 1 aromatic heterocycles. The number of alkyl halides is 1. The summed E-state index contributed by atoms with van der Waals surface area (Å²) in [5.41, 5.74) is 6.70. The Morgan fingerprint density at radius 1 is 1.46 bits per heavy atom. The fourth-order valence-corrected chi connectivity index (χ4v) is 2.74. The highest BCUT2D eigenvalue weighted by Gasteiger charge is 2.05. The van der Waals surface area contributed by atoms with Gasteiger partial charge >= 0.3 is 0 Å². The van der Waals surface area contributed by atoms with E-state index >= 15 is 0 Å². The number of hydrogen-bond donors (Lipinski definition) is 1. The predicted molar refractivity (Wildman–Crippen MR) is 63.5 cm³/mol. The van der Waals surface area contributed by atoms with Gasteiger partial charge in [-0.3, -0.25) is 0 Å². The number of anilines is 1. The molecule has 1 aromatic carbocycles. The number of rotatable bonds is 1. The van der Waals surface area contributed by atoms with Gasteiger partial charge in [-0.25, -0.2) is 0 Å². The summed E-state index contributed by atoms with van der Waals surface area (Å²) in [5, 5.41) is 1.09. The van der Waals surface area contributed by atoms with E-state index in [1.54, 1.807) is 11.3 Å². The summed E-state index contributed by atoms with van der Waals surface area (Å²) >= 11 is 10.8. The Hall–Kier alpha value is -0.250. The molecule has 0 bridgehead atoms. The van der Waals surface area contributed by atoms with Crippen molar-refractivity contribution in [2.75, 3.05) is 5.73 Å². The topological polar surface area (TPSA) is 26.0 Å². The molecule has 0 unspecified atom stereocenters. The van der Waals surface area contributed by atoms with Crippen molar-refractivity contribution in [2.45, 2.75) is 5.88 Å². The Bertz CT molecular complexity index is 452. The van der Waals surface area contributed by atoms with Crippen LogP contribution < -0.4 is 5.73 Å². The number of thiophene rings is 1. The van der Waals surface area contributed by atoms with Crippen LogP contribution in [0.2, 0.25) is 0 Å². The molecule has 0 atom stereocenters. The highest BCUT2D eigenvalue weighted by Crippen LogP contribution is 2.34. The number of fused-ring (bicyclic) bond motifs is 1. The van der Waals surface area contributed by atoms with E-state index in [9.17, 15) is 0 Å². The zero-order chi connectivity index (χ0) is 9.42. The molecule has 2 aromatic rings. The molecule has 1 heterocycles. The van der Waals surface area contributed by atoms with Crippen LogP contribution in [0.5, 0.6) is 0 Å². The lowest BCUT2D eigenvalue weighted by molar-refractivity contribution is 1.54. The van der Waals surface area contributed by atoms with E-state index in [4.69, 9.17) is 17.3 Å². The van der Waals surface area contributed by atoms with Gasteiger partial charge in [0.1, 0.15) is 0 Å². The summed E-state index contributed by atoms with van der Waals surface area (Å²) in [6, 6.07) is 6.07. The maximum Gasteiger partial charge on any atom is 0.0568 e. The average Bonchev–Trinajstić information content (AvgIpc) is 2.55. The van der Waals surface area contributed by atoms with Gasteiger partial charge in [0.05, 0.1) is 11.6 Å². The van der Waals surface area contributed by atoms with Crippen LogP contribution in [0.15, 0.2) is 22.7 Å². The largest absolute Gasteiger partial charge is 0.397 e. The summed E-state index contributed by atoms with van der Waals surface area (Å²) in [6.07, 6.45) is 0. The van der Waals surface area contributed by atoms with Gasteiger partial charge in [0.25, 0.3) is 0 Å². The molecule has 0 aliphatic rings. The summed E-state index contributed by atoms with van der Waals surface area (Å²) in [5.74, 6) is 0.552. The van der Waals surface area contributed by atoms with E-state index in [1.165, 1.54) is 4.70 Å². The summed E-state index contributed by atoms with van der Waals surface area (Å²) in [7, 11) is 0. The Balaban J connectivity index is 2.76. The fourth-order valence-electron chi connectivity index (χ4n) is 1.23. The third-order valence-electron chi connectivity index (χ3n) is 1.87. The molecule has 68 valence electrons. The Morgan fingerprint density at radius 2 is 2.23 bits per heavy atom. The van der Waals surface area contributed by atoms with Gasteiger partial charge in [-0.05, 0) is 34.1 Å². The van der Waals surface area contributed by atoms with E-state index in [-0.39, 0.29) is 0 Å². The smallest absolute Gasteiger partial charge is 0.0568 e. The van der Waals surface area contributed by atoms with Crippen molar-refractivity contribution in [3.63, 3.8) is 0 Å². The van der Waals surface area contributed by atoms with E-state index < -0.39 is 0 Å². The van der Waals surface area contributed by atoms with Crippen LogP contribution in [0.1, 0.15) is 4.88 Å². The minimum Gasteiger partial charge on any atom is -0.397 e. The zero-order valence-electron chi connectivity index (χ0n) is 6.68. The number of benzene rings is 1. The average molecular weight is 277 g/mol. The van der Waals surface area contributed by atoms with E-state index in [2.05, 4.69) is 22.0 Å².